The predicted octanol–water partition coefficient (Wildman–Crippen LogP) is 2.65. The molecule has 0 saturated carbocycles. The summed E-state index contributed by atoms with van der Waals surface area (Å²) < 4.78 is 14.8. The smallest absolute Gasteiger partial charge is 0.133 e. The lowest BCUT2D eigenvalue weighted by Crippen LogP contribution is -3.00. The second-order valence-corrected chi connectivity index (χ2v) is 14.2. The number of hydrogen-bond donors (Lipinski definition) is 0. The molecular weight excluding hydrogens is 599 g/mol. The molecule has 3 aromatic rings. The Kier molecular flexibility index (Phi) is 20.3. The van der Waals surface area contributed by atoms with Crippen molar-refractivity contribution in [2.45, 2.75) is 59.2 Å². The van der Waals surface area contributed by atoms with Gasteiger partial charge in [0.1, 0.15) is 31.0 Å². The summed E-state index contributed by atoms with van der Waals surface area (Å²) in [4.78, 5) is 0. The Balaban J connectivity index is 0.00000109. The van der Waals surface area contributed by atoms with Crippen LogP contribution in [0.3, 0.4) is 0 Å². The fourth-order valence-electron chi connectivity index (χ4n) is 5.76. The van der Waals surface area contributed by atoms with E-state index in [1.165, 1.54) is 11.1 Å². The Labute approximate surface area is 288 Å². The van der Waals surface area contributed by atoms with E-state index in [2.05, 4.69) is 135 Å². The van der Waals surface area contributed by atoms with Gasteiger partial charge in [0.05, 0.1) is 47.9 Å². The van der Waals surface area contributed by atoms with Crippen LogP contribution >= 0.6 is 0 Å². The predicted molar refractivity (Wildman–Crippen MR) is 184 cm³/mol. The van der Waals surface area contributed by atoms with E-state index in [1.54, 1.807) is 0 Å². The first kappa shape index (κ1) is 42.7. The lowest BCUT2D eigenvalue weighted by Gasteiger charge is -2.38. The first-order valence-corrected chi connectivity index (χ1v) is 16.0. The summed E-state index contributed by atoms with van der Waals surface area (Å²) in [5, 5.41) is 0. The molecule has 0 aliphatic carbocycles. The van der Waals surface area contributed by atoms with E-state index in [1.807, 2.05) is 24.3 Å². The van der Waals surface area contributed by atoms with Crippen LogP contribution < -0.4 is 29.6 Å². The van der Waals surface area contributed by atoms with Crippen molar-refractivity contribution in [3.05, 3.63) is 115 Å². The van der Waals surface area contributed by atoms with Gasteiger partial charge in [-0.05, 0) is 42.9 Å². The summed E-state index contributed by atoms with van der Waals surface area (Å²) in [6.07, 6.45) is 3.95. The van der Waals surface area contributed by atoms with Crippen molar-refractivity contribution in [3.63, 3.8) is 0 Å². The highest BCUT2D eigenvalue weighted by atomic mass is 35.5. The fraction of sp³-hybridized carbons (Fsp3) is 0.487. The van der Waals surface area contributed by atoms with Crippen LogP contribution in [0.2, 0.25) is 0 Å². The van der Waals surface area contributed by atoms with E-state index in [9.17, 15) is 0 Å². The van der Waals surface area contributed by atoms with Crippen LogP contribution in [0, 0.1) is 11.8 Å². The van der Waals surface area contributed by atoms with Gasteiger partial charge in [-0.3, -0.25) is 0 Å². The summed E-state index contributed by atoms with van der Waals surface area (Å²) in [7, 11) is 8.97. The Morgan fingerprint density at radius 2 is 1.09 bits per heavy atom. The zero-order chi connectivity index (χ0) is 31.8. The zero-order valence-electron chi connectivity index (χ0n) is 29.2. The van der Waals surface area contributed by atoms with E-state index >= 15 is 0 Å². The van der Waals surface area contributed by atoms with E-state index in [-0.39, 0.29) is 30.4 Å². The minimum absolute atomic E-state index is 0. The lowest BCUT2D eigenvalue weighted by atomic mass is 9.85. The van der Waals surface area contributed by atoms with Crippen molar-refractivity contribution >= 4 is 0 Å². The Morgan fingerprint density at radius 3 is 1.51 bits per heavy atom. The normalized spacial score (nSPS) is 11.6. The van der Waals surface area contributed by atoms with Crippen LogP contribution in [-0.4, -0.2) is 69.1 Å². The molecular formula is C39H60Cl2N2O2. The maximum Gasteiger partial charge on any atom is 0.133 e. The van der Waals surface area contributed by atoms with Gasteiger partial charge in [-0.1, -0.05) is 113 Å². The molecule has 3 aromatic carbocycles. The highest BCUT2D eigenvalue weighted by Crippen LogP contribution is 2.31. The molecule has 0 fully saturated rings. The minimum Gasteiger partial charge on any atom is -1.00 e. The number of quaternary nitrogens is 2. The number of likely N-dealkylation sites (N-methyl/N-ethyl adjacent to an activating group) is 2. The number of benzene rings is 3. The van der Waals surface area contributed by atoms with Gasteiger partial charge in [-0.15, -0.1) is 0 Å². The van der Waals surface area contributed by atoms with Crippen LogP contribution in [0.15, 0.2) is 104 Å². The Hall–Kier alpha value is -2.34. The molecule has 0 spiro atoms. The van der Waals surface area contributed by atoms with Crippen molar-refractivity contribution in [2.24, 2.45) is 11.8 Å². The van der Waals surface area contributed by atoms with Gasteiger partial charge in [0.2, 0.25) is 0 Å². The largest absolute Gasteiger partial charge is 1.00 e. The first-order valence-electron chi connectivity index (χ1n) is 16.0. The van der Waals surface area contributed by atoms with Gasteiger partial charge in [0.25, 0.3) is 0 Å². The van der Waals surface area contributed by atoms with E-state index in [0.717, 1.165) is 60.3 Å². The highest BCUT2D eigenvalue weighted by molar-refractivity contribution is 5.22. The molecule has 0 N–H and O–H groups in total. The minimum atomic E-state index is -0.291. The fourth-order valence-corrected chi connectivity index (χ4v) is 5.76. The van der Waals surface area contributed by atoms with Gasteiger partial charge < -0.3 is 43.3 Å². The molecule has 0 atom stereocenters. The molecule has 0 amide bonds. The van der Waals surface area contributed by atoms with Crippen molar-refractivity contribution in [2.75, 3.05) is 54.5 Å². The summed E-state index contributed by atoms with van der Waals surface area (Å²) >= 11 is 0. The van der Waals surface area contributed by atoms with Crippen LogP contribution in [0.1, 0.15) is 51.7 Å². The third-order valence-electron chi connectivity index (χ3n) is 7.37. The molecule has 0 aromatic heterocycles. The molecule has 6 heteroatoms. The SMILES string of the molecule is C=CC[N+](C)(C)Cc1ccccc1.CC(C)CC(COCC[N+](C)(C)Cc1ccccc1)(CC(C)C)Oc1ccccc1.[Cl-].[Cl-]. The molecule has 3 rings (SSSR count). The second kappa shape index (κ2) is 21.5. The number of rotatable bonds is 17. The van der Waals surface area contributed by atoms with E-state index < -0.39 is 0 Å². The number of halogens is 2. The van der Waals surface area contributed by atoms with Gasteiger partial charge in [0, 0.05) is 11.1 Å². The van der Waals surface area contributed by atoms with E-state index in [4.69, 9.17) is 9.47 Å². The third kappa shape index (κ3) is 18.4. The number of para-hydroxylation sites is 1. The maximum absolute atomic E-state index is 6.62. The van der Waals surface area contributed by atoms with Crippen LogP contribution in [0.4, 0.5) is 0 Å². The van der Waals surface area contributed by atoms with Crippen LogP contribution in [0.25, 0.3) is 0 Å². The molecule has 45 heavy (non-hydrogen) atoms. The average molecular weight is 660 g/mol. The quantitative estimate of drug-likeness (QED) is 0.126. The summed E-state index contributed by atoms with van der Waals surface area (Å²) in [5.41, 5.74) is 2.46. The topological polar surface area (TPSA) is 18.5 Å². The van der Waals surface area contributed by atoms with Crippen molar-refractivity contribution in [1.82, 2.24) is 0 Å². The number of hydrogen-bond acceptors (Lipinski definition) is 2. The molecule has 0 heterocycles. The van der Waals surface area contributed by atoms with E-state index in [0.29, 0.717) is 18.4 Å². The molecule has 4 nitrogen and oxygen atoms in total. The molecule has 0 bridgehead atoms. The van der Waals surface area contributed by atoms with Gasteiger partial charge in [-0.25, -0.2) is 0 Å². The molecule has 0 radical (unpaired) electrons. The monoisotopic (exact) mass is 658 g/mol. The molecule has 0 unspecified atom stereocenters. The standard InChI is InChI=1S/C27H42NO2.C12H18N.2ClH/c1-23(2)19-27(20-24(3)4,30-26-15-11-8-12-16-26)22-29-18-17-28(5,6)21-25-13-9-7-10-14-25;1-4-10-13(2,3)11-12-8-6-5-7-9-12;;/h7-16,23-24H,17-22H2,1-6H3;4-9H,1,10-11H2,2-3H3;2*1H/q2*+1;;/p-2. The Bertz CT molecular complexity index is 1140. The second-order valence-electron chi connectivity index (χ2n) is 14.2. The van der Waals surface area contributed by atoms with Crippen molar-refractivity contribution in [1.29, 1.82) is 0 Å². The lowest BCUT2D eigenvalue weighted by molar-refractivity contribution is -0.904. The molecule has 0 aliphatic heterocycles. The Morgan fingerprint density at radius 1 is 0.667 bits per heavy atom. The number of nitrogens with zero attached hydrogens (tertiary/aromatic N) is 2. The van der Waals surface area contributed by atoms with Gasteiger partial charge in [0.15, 0.2) is 0 Å². The zero-order valence-corrected chi connectivity index (χ0v) is 30.7. The van der Waals surface area contributed by atoms with Crippen molar-refractivity contribution in [3.8, 4) is 5.75 Å². The number of ether oxygens (including phenoxy) is 2. The van der Waals surface area contributed by atoms with Crippen LogP contribution in [0.5, 0.6) is 5.75 Å². The molecule has 0 saturated heterocycles. The summed E-state index contributed by atoms with van der Waals surface area (Å²) in [6.45, 7) is 18.3. The summed E-state index contributed by atoms with van der Waals surface area (Å²) in [6, 6.07) is 31.5. The maximum atomic E-state index is 6.62. The highest BCUT2D eigenvalue weighted by Gasteiger charge is 2.35. The first-order chi connectivity index (χ1) is 20.3. The molecule has 0 aliphatic rings. The summed E-state index contributed by atoms with van der Waals surface area (Å²) in [5.74, 6) is 2.02. The average Bonchev–Trinajstić information content (AvgIpc) is 2.92. The third-order valence-corrected chi connectivity index (χ3v) is 7.37. The van der Waals surface area contributed by atoms with Gasteiger partial charge >= 0.3 is 0 Å². The van der Waals surface area contributed by atoms with Crippen LogP contribution in [-0.2, 0) is 17.8 Å². The molecule has 252 valence electrons. The van der Waals surface area contributed by atoms with Gasteiger partial charge in [-0.2, -0.15) is 0 Å². The van der Waals surface area contributed by atoms with Crippen molar-refractivity contribution < 1.29 is 43.3 Å².